The molecule has 0 unspecified atom stereocenters. The van der Waals surface area contributed by atoms with Gasteiger partial charge in [-0.05, 0) is 5.56 Å². The number of nitrogens with one attached hydrogen (secondary N) is 1. The number of hydrogen-bond acceptors (Lipinski definition) is 4. The van der Waals surface area contributed by atoms with Gasteiger partial charge in [-0.3, -0.25) is 9.59 Å². The summed E-state index contributed by atoms with van der Waals surface area (Å²) in [5, 5.41) is 11.4. The Morgan fingerprint density at radius 2 is 1.80 bits per heavy atom. The van der Waals surface area contributed by atoms with Crippen LogP contribution in [0.3, 0.4) is 0 Å². The molecule has 0 aromatic heterocycles. The number of carbonyl (C=O) groups excluding carboxylic acids is 2. The maximum absolute atomic E-state index is 11.7. The highest BCUT2D eigenvalue weighted by atomic mass is 16.4. The summed E-state index contributed by atoms with van der Waals surface area (Å²) in [5.41, 5.74) is 11.2. The van der Waals surface area contributed by atoms with Gasteiger partial charge in [-0.15, -0.1) is 0 Å². The van der Waals surface area contributed by atoms with Crippen molar-refractivity contribution in [3.8, 4) is 0 Å². The van der Waals surface area contributed by atoms with E-state index in [2.05, 4.69) is 5.32 Å². The number of aliphatic carboxylic acids is 1. The average molecular weight is 279 g/mol. The third-order valence-electron chi connectivity index (χ3n) is 2.66. The quantitative estimate of drug-likeness (QED) is 0.507. The molecule has 2 atom stereocenters. The Kier molecular flexibility index (Phi) is 5.67. The van der Waals surface area contributed by atoms with E-state index in [0.717, 1.165) is 5.56 Å². The lowest BCUT2D eigenvalue weighted by atomic mass is 10.1. The molecule has 7 nitrogen and oxygen atoms in total. The normalized spacial score (nSPS) is 13.2. The Labute approximate surface area is 115 Å². The van der Waals surface area contributed by atoms with E-state index in [9.17, 15) is 14.4 Å². The summed E-state index contributed by atoms with van der Waals surface area (Å²) in [4.78, 5) is 33.5. The van der Waals surface area contributed by atoms with Crippen molar-refractivity contribution in [3.05, 3.63) is 35.9 Å². The molecule has 0 radical (unpaired) electrons. The molecule has 0 saturated carbocycles. The Balaban J connectivity index is 2.66. The lowest BCUT2D eigenvalue weighted by Crippen LogP contribution is -2.50. The number of primary amides is 1. The van der Waals surface area contributed by atoms with Gasteiger partial charge in [-0.25, -0.2) is 4.79 Å². The molecule has 0 aliphatic rings. The van der Waals surface area contributed by atoms with Gasteiger partial charge in [0, 0.05) is 6.42 Å². The smallest absolute Gasteiger partial charge is 0.326 e. The molecular formula is C13H17N3O4. The van der Waals surface area contributed by atoms with E-state index in [1.54, 1.807) is 30.3 Å². The first kappa shape index (κ1) is 15.6. The third kappa shape index (κ3) is 5.07. The maximum atomic E-state index is 11.7. The summed E-state index contributed by atoms with van der Waals surface area (Å²) in [6.45, 7) is 0. The minimum absolute atomic E-state index is 0.130. The first-order valence-electron chi connectivity index (χ1n) is 6.01. The van der Waals surface area contributed by atoms with E-state index in [1.165, 1.54) is 0 Å². The first-order chi connectivity index (χ1) is 9.40. The number of carboxylic acids is 1. The van der Waals surface area contributed by atoms with Crippen molar-refractivity contribution in [2.75, 3.05) is 0 Å². The van der Waals surface area contributed by atoms with Crippen LogP contribution in [0.15, 0.2) is 30.3 Å². The van der Waals surface area contributed by atoms with E-state index in [-0.39, 0.29) is 12.8 Å². The van der Waals surface area contributed by atoms with Crippen molar-refractivity contribution in [1.29, 1.82) is 0 Å². The number of carboxylic acid groups (broad SMARTS) is 1. The van der Waals surface area contributed by atoms with Gasteiger partial charge < -0.3 is 21.9 Å². The summed E-state index contributed by atoms with van der Waals surface area (Å²) < 4.78 is 0. The van der Waals surface area contributed by atoms with Crippen molar-refractivity contribution < 1.29 is 19.5 Å². The number of carbonyl (C=O) groups is 3. The van der Waals surface area contributed by atoms with E-state index in [1.807, 2.05) is 0 Å². The van der Waals surface area contributed by atoms with Crippen LogP contribution < -0.4 is 16.8 Å². The Morgan fingerprint density at radius 3 is 2.30 bits per heavy atom. The monoisotopic (exact) mass is 279 g/mol. The fraction of sp³-hybridized carbons (Fsp3) is 0.308. The summed E-state index contributed by atoms with van der Waals surface area (Å²) in [5.74, 6) is -2.61. The van der Waals surface area contributed by atoms with Crippen molar-refractivity contribution >= 4 is 17.8 Å². The first-order valence-corrected chi connectivity index (χ1v) is 6.01. The fourth-order valence-corrected chi connectivity index (χ4v) is 1.64. The molecule has 0 aliphatic heterocycles. The molecule has 6 N–H and O–H groups in total. The van der Waals surface area contributed by atoms with Gasteiger partial charge in [0.2, 0.25) is 11.8 Å². The Bertz CT molecular complexity index is 490. The third-order valence-corrected chi connectivity index (χ3v) is 2.66. The second-order valence-electron chi connectivity index (χ2n) is 4.37. The standard InChI is InChI=1S/C13H17N3O4/c14-9(7-11(15)17)12(18)16-10(13(19)20)6-8-4-2-1-3-5-8/h1-5,9-10H,6-7,14H2,(H2,15,17)(H,16,18)(H,19,20)/t9-,10-/m0/s1. The van der Waals surface area contributed by atoms with E-state index in [0.29, 0.717) is 0 Å². The molecule has 108 valence electrons. The Hall–Kier alpha value is -2.41. The van der Waals surface area contributed by atoms with E-state index in [4.69, 9.17) is 16.6 Å². The van der Waals surface area contributed by atoms with Gasteiger partial charge in [0.1, 0.15) is 6.04 Å². The molecular weight excluding hydrogens is 262 g/mol. The lowest BCUT2D eigenvalue weighted by Gasteiger charge is -2.17. The van der Waals surface area contributed by atoms with Crippen LogP contribution in [-0.4, -0.2) is 35.0 Å². The molecule has 20 heavy (non-hydrogen) atoms. The summed E-state index contributed by atoms with van der Waals surface area (Å²) >= 11 is 0. The van der Waals surface area contributed by atoms with Crippen LogP contribution in [-0.2, 0) is 20.8 Å². The summed E-state index contributed by atoms with van der Waals surface area (Å²) in [6.07, 6.45) is -0.200. The van der Waals surface area contributed by atoms with E-state index >= 15 is 0 Å². The molecule has 0 bridgehead atoms. The summed E-state index contributed by atoms with van der Waals surface area (Å²) in [7, 11) is 0. The van der Waals surface area contributed by atoms with Crippen LogP contribution in [0, 0.1) is 0 Å². The minimum atomic E-state index is -1.17. The van der Waals surface area contributed by atoms with Crippen molar-refractivity contribution in [2.24, 2.45) is 11.5 Å². The predicted octanol–water partition coefficient (Wildman–Crippen LogP) is -0.999. The molecule has 0 aliphatic carbocycles. The zero-order valence-corrected chi connectivity index (χ0v) is 10.8. The van der Waals surface area contributed by atoms with Crippen LogP contribution in [0.1, 0.15) is 12.0 Å². The van der Waals surface area contributed by atoms with Gasteiger partial charge in [0.25, 0.3) is 0 Å². The number of rotatable bonds is 7. The number of benzene rings is 1. The van der Waals surface area contributed by atoms with Gasteiger partial charge in [0.15, 0.2) is 0 Å². The Morgan fingerprint density at radius 1 is 1.20 bits per heavy atom. The zero-order valence-electron chi connectivity index (χ0n) is 10.8. The highest BCUT2D eigenvalue weighted by Crippen LogP contribution is 2.04. The van der Waals surface area contributed by atoms with Crippen LogP contribution in [0.2, 0.25) is 0 Å². The minimum Gasteiger partial charge on any atom is -0.480 e. The van der Waals surface area contributed by atoms with Gasteiger partial charge in [-0.2, -0.15) is 0 Å². The fourth-order valence-electron chi connectivity index (χ4n) is 1.64. The molecule has 0 spiro atoms. The maximum Gasteiger partial charge on any atom is 0.326 e. The SMILES string of the molecule is NC(=O)C[C@H](N)C(=O)N[C@@H](Cc1ccccc1)C(=O)O. The highest BCUT2D eigenvalue weighted by Gasteiger charge is 2.24. The van der Waals surface area contributed by atoms with Gasteiger partial charge in [0.05, 0.1) is 12.5 Å². The zero-order chi connectivity index (χ0) is 15.1. The van der Waals surface area contributed by atoms with Gasteiger partial charge >= 0.3 is 5.97 Å². The topological polar surface area (TPSA) is 136 Å². The lowest BCUT2D eigenvalue weighted by molar-refractivity contribution is -0.142. The molecule has 1 rings (SSSR count). The second kappa shape index (κ2) is 7.25. The van der Waals surface area contributed by atoms with Gasteiger partial charge in [-0.1, -0.05) is 30.3 Å². The summed E-state index contributed by atoms with van der Waals surface area (Å²) in [6, 6.07) is 6.61. The van der Waals surface area contributed by atoms with Crippen LogP contribution in [0.4, 0.5) is 0 Å². The molecule has 1 aromatic carbocycles. The number of amides is 2. The second-order valence-corrected chi connectivity index (χ2v) is 4.37. The van der Waals surface area contributed by atoms with Crippen molar-refractivity contribution in [2.45, 2.75) is 24.9 Å². The van der Waals surface area contributed by atoms with Crippen LogP contribution in [0.25, 0.3) is 0 Å². The average Bonchev–Trinajstić information content (AvgIpc) is 2.38. The molecule has 2 amide bonds. The largest absolute Gasteiger partial charge is 0.480 e. The van der Waals surface area contributed by atoms with Crippen molar-refractivity contribution in [3.63, 3.8) is 0 Å². The van der Waals surface area contributed by atoms with E-state index < -0.39 is 29.9 Å². The molecule has 7 heteroatoms. The van der Waals surface area contributed by atoms with Crippen LogP contribution >= 0.6 is 0 Å². The predicted molar refractivity (Wildman–Crippen MR) is 71.5 cm³/mol. The number of hydrogen-bond donors (Lipinski definition) is 4. The molecule has 1 aromatic rings. The molecule has 0 heterocycles. The molecule has 0 fully saturated rings. The van der Waals surface area contributed by atoms with Crippen LogP contribution in [0.5, 0.6) is 0 Å². The van der Waals surface area contributed by atoms with Crippen molar-refractivity contribution in [1.82, 2.24) is 5.32 Å². The molecule has 0 saturated heterocycles. The highest BCUT2D eigenvalue weighted by molar-refractivity contribution is 5.90. The number of nitrogens with two attached hydrogens (primary N) is 2.